The molecule has 0 bridgehead atoms. The minimum atomic E-state index is -5.27. The van der Waals surface area contributed by atoms with E-state index in [0.717, 1.165) is 6.20 Å². The number of aromatic amines is 1. The lowest BCUT2D eigenvalue weighted by Gasteiger charge is -2.10. The number of anilines is 4. The van der Waals surface area contributed by atoms with Gasteiger partial charge in [0.2, 0.25) is 11.8 Å². The molecule has 0 saturated heterocycles. The van der Waals surface area contributed by atoms with Crippen LogP contribution in [0.25, 0.3) is 11.1 Å². The third kappa shape index (κ3) is 5.78. The third-order valence-corrected chi connectivity index (χ3v) is 4.52. The van der Waals surface area contributed by atoms with Crippen LogP contribution in [0.15, 0.2) is 57.9 Å². The summed E-state index contributed by atoms with van der Waals surface area (Å²) in [6.07, 6.45) is -4.32. The second-order valence-electron chi connectivity index (χ2n) is 7.06. The molecule has 4 rings (SSSR count). The average molecular weight is 519 g/mol. The number of alkyl halides is 3. The van der Waals surface area contributed by atoms with E-state index < -0.39 is 34.4 Å². The van der Waals surface area contributed by atoms with Crippen molar-refractivity contribution in [2.45, 2.75) is 6.18 Å². The summed E-state index contributed by atoms with van der Waals surface area (Å²) in [5.41, 5.74) is 2.08. The number of nitro groups is 1. The molecule has 17 heteroatoms. The molecule has 0 aliphatic carbocycles. The molecule has 2 heterocycles. The summed E-state index contributed by atoms with van der Waals surface area (Å²) in [4.78, 5) is 58.7. The molecule has 2 aromatic carbocycles. The van der Waals surface area contributed by atoms with E-state index in [9.17, 15) is 37.7 Å². The summed E-state index contributed by atoms with van der Waals surface area (Å²) in [6, 6.07) is 9.53. The van der Waals surface area contributed by atoms with Crippen LogP contribution in [-0.2, 0) is 9.63 Å². The number of carbonyl (C=O) groups excluding carboxylic acids is 2. The van der Waals surface area contributed by atoms with Crippen molar-refractivity contribution in [3.05, 3.63) is 74.9 Å². The molecule has 0 atom stereocenters. The Morgan fingerprint density at radius 3 is 2.46 bits per heavy atom. The predicted octanol–water partition coefficient (Wildman–Crippen LogP) is 3.06. The van der Waals surface area contributed by atoms with Gasteiger partial charge >= 0.3 is 23.6 Å². The second-order valence-corrected chi connectivity index (χ2v) is 7.06. The minimum absolute atomic E-state index is 0.0813. The normalized spacial score (nSPS) is 11.1. The van der Waals surface area contributed by atoms with E-state index in [-0.39, 0.29) is 22.9 Å². The van der Waals surface area contributed by atoms with Gasteiger partial charge in [0, 0.05) is 16.9 Å². The van der Waals surface area contributed by atoms with E-state index in [1.54, 1.807) is 0 Å². The summed E-state index contributed by atoms with van der Waals surface area (Å²) in [5.74, 6) is -4.63. The van der Waals surface area contributed by atoms with E-state index >= 15 is 0 Å². The van der Waals surface area contributed by atoms with Crippen molar-refractivity contribution in [2.75, 3.05) is 10.6 Å². The Balaban J connectivity index is 1.48. The van der Waals surface area contributed by atoms with Crippen molar-refractivity contribution in [1.29, 1.82) is 0 Å². The van der Waals surface area contributed by atoms with Gasteiger partial charge in [-0.1, -0.05) is 0 Å². The molecule has 0 spiro atoms. The van der Waals surface area contributed by atoms with Gasteiger partial charge in [-0.2, -0.15) is 23.6 Å². The van der Waals surface area contributed by atoms with Crippen LogP contribution in [0.3, 0.4) is 0 Å². The molecule has 0 aliphatic rings. The Bertz CT molecular complexity index is 1570. The molecule has 190 valence electrons. The second kappa shape index (κ2) is 9.64. The number of halogens is 3. The monoisotopic (exact) mass is 519 g/mol. The van der Waals surface area contributed by atoms with Gasteiger partial charge in [0.1, 0.15) is 6.20 Å². The van der Waals surface area contributed by atoms with Gasteiger partial charge in [0.25, 0.3) is 5.91 Å². The van der Waals surface area contributed by atoms with Crippen molar-refractivity contribution in [2.24, 2.45) is 0 Å². The highest BCUT2D eigenvalue weighted by molar-refractivity contribution is 5.94. The maximum absolute atomic E-state index is 12.1. The third-order valence-electron chi connectivity index (χ3n) is 4.52. The number of benzene rings is 2. The number of rotatable bonds is 6. The number of nitrogens with one attached hydrogen (secondary N) is 4. The summed E-state index contributed by atoms with van der Waals surface area (Å²) >= 11 is 0. The molecule has 0 saturated carbocycles. The molecule has 4 aromatic rings. The standard InChI is InChI=1S/C20H12F3N7O7/c21-20(22,23)17(32)37-29-16(31)9-1-3-10(4-2-9)26-18-24-8-13(30(34)35)15(28-18)25-11-5-6-14-12(7-11)27-19(33)36-14/h1-8H,(H,27,33)(H,29,31)(H2,24,25,26,28). The summed E-state index contributed by atoms with van der Waals surface area (Å²) in [5, 5.41) is 16.9. The van der Waals surface area contributed by atoms with Crippen LogP contribution in [-0.4, -0.2) is 37.9 Å². The van der Waals surface area contributed by atoms with Gasteiger partial charge < -0.3 is 19.9 Å². The topological polar surface area (TPSA) is 194 Å². The van der Waals surface area contributed by atoms with Crippen molar-refractivity contribution in [1.82, 2.24) is 20.4 Å². The first-order chi connectivity index (χ1) is 17.5. The Hall–Kier alpha value is -5.48. The van der Waals surface area contributed by atoms with Crippen LogP contribution < -0.4 is 21.9 Å². The fraction of sp³-hybridized carbons (Fsp3) is 0.0500. The van der Waals surface area contributed by atoms with Crippen LogP contribution in [0.5, 0.6) is 0 Å². The molecule has 4 N–H and O–H groups in total. The minimum Gasteiger partial charge on any atom is -0.408 e. The zero-order valence-corrected chi connectivity index (χ0v) is 18.0. The number of nitrogens with zero attached hydrogens (tertiary/aromatic N) is 3. The summed E-state index contributed by atoms with van der Waals surface area (Å²) < 4.78 is 41.3. The Labute approximate surface area is 201 Å². The molecule has 0 aliphatic heterocycles. The number of hydrogen-bond donors (Lipinski definition) is 4. The number of H-pyrrole nitrogens is 1. The molecule has 1 amide bonds. The van der Waals surface area contributed by atoms with Crippen molar-refractivity contribution in [3.63, 3.8) is 0 Å². The van der Waals surface area contributed by atoms with Crippen molar-refractivity contribution >= 4 is 51.8 Å². The predicted molar refractivity (Wildman–Crippen MR) is 118 cm³/mol. The number of oxazole rings is 1. The lowest BCUT2D eigenvalue weighted by molar-refractivity contribution is -0.384. The average Bonchev–Trinajstić information content (AvgIpc) is 3.21. The molecule has 2 aromatic heterocycles. The first-order valence-corrected chi connectivity index (χ1v) is 9.86. The fourth-order valence-electron chi connectivity index (χ4n) is 2.87. The van der Waals surface area contributed by atoms with Gasteiger partial charge in [0.15, 0.2) is 5.58 Å². The number of amides is 1. The van der Waals surface area contributed by atoms with Crippen molar-refractivity contribution < 1.29 is 36.9 Å². The Morgan fingerprint density at radius 2 is 1.78 bits per heavy atom. The first kappa shape index (κ1) is 24.6. The SMILES string of the molecule is O=C(NOC(=O)C(F)(F)F)c1ccc(Nc2ncc([N+](=O)[O-])c(Nc3ccc4oc(=O)[nH]c4c3)n2)cc1. The van der Waals surface area contributed by atoms with Gasteiger partial charge in [0.05, 0.1) is 10.4 Å². The highest BCUT2D eigenvalue weighted by Crippen LogP contribution is 2.28. The number of carbonyl (C=O) groups is 2. The molecule has 37 heavy (non-hydrogen) atoms. The van der Waals surface area contributed by atoms with E-state index in [0.29, 0.717) is 16.9 Å². The largest absolute Gasteiger partial charge is 0.493 e. The quantitative estimate of drug-likeness (QED) is 0.216. The van der Waals surface area contributed by atoms with Gasteiger partial charge in [-0.05, 0) is 42.5 Å². The zero-order chi connectivity index (χ0) is 26.7. The lowest BCUT2D eigenvalue weighted by Crippen LogP contribution is -2.34. The maximum Gasteiger partial charge on any atom is 0.493 e. The lowest BCUT2D eigenvalue weighted by atomic mass is 10.2. The highest BCUT2D eigenvalue weighted by Gasteiger charge is 2.42. The number of hydroxylamine groups is 1. The number of fused-ring (bicyclic) bond motifs is 1. The molecular formula is C20H12F3N7O7. The van der Waals surface area contributed by atoms with E-state index in [1.165, 1.54) is 47.9 Å². The zero-order valence-electron chi connectivity index (χ0n) is 18.0. The summed E-state index contributed by atoms with van der Waals surface area (Å²) in [7, 11) is 0. The fourth-order valence-corrected chi connectivity index (χ4v) is 2.87. The molecule has 14 nitrogen and oxygen atoms in total. The van der Waals surface area contributed by atoms with E-state index in [2.05, 4.69) is 30.4 Å². The Kier molecular flexibility index (Phi) is 6.42. The molecule has 0 fully saturated rings. The van der Waals surface area contributed by atoms with Crippen LogP contribution >= 0.6 is 0 Å². The van der Waals surface area contributed by atoms with Crippen LogP contribution in [0, 0.1) is 10.1 Å². The molecular weight excluding hydrogens is 507 g/mol. The van der Waals surface area contributed by atoms with Crippen LogP contribution in [0.4, 0.5) is 42.0 Å². The van der Waals surface area contributed by atoms with Crippen molar-refractivity contribution in [3.8, 4) is 0 Å². The first-order valence-electron chi connectivity index (χ1n) is 9.86. The van der Waals surface area contributed by atoms with Crippen LogP contribution in [0.1, 0.15) is 10.4 Å². The smallest absolute Gasteiger partial charge is 0.408 e. The molecule has 0 radical (unpaired) electrons. The summed E-state index contributed by atoms with van der Waals surface area (Å²) in [6.45, 7) is 0. The number of aromatic nitrogens is 3. The van der Waals surface area contributed by atoms with Gasteiger partial charge in [-0.25, -0.2) is 14.6 Å². The molecule has 0 unspecified atom stereocenters. The van der Waals surface area contributed by atoms with Gasteiger partial charge in [-0.15, -0.1) is 0 Å². The Morgan fingerprint density at radius 1 is 1.08 bits per heavy atom. The highest BCUT2D eigenvalue weighted by atomic mass is 19.4. The van der Waals surface area contributed by atoms with Crippen LogP contribution in [0.2, 0.25) is 0 Å². The van der Waals surface area contributed by atoms with E-state index in [1.807, 2.05) is 0 Å². The maximum atomic E-state index is 12.1. The van der Waals surface area contributed by atoms with E-state index in [4.69, 9.17) is 4.42 Å². The number of hydrogen-bond acceptors (Lipinski definition) is 11. The van der Waals surface area contributed by atoms with Gasteiger partial charge in [-0.3, -0.25) is 19.9 Å².